The van der Waals surface area contributed by atoms with Gasteiger partial charge in [0.2, 0.25) is 12.2 Å². The summed E-state index contributed by atoms with van der Waals surface area (Å²) >= 11 is 1.38. The maximum atomic E-state index is 12.3. The molecular formula is C17H13NO3S. The summed E-state index contributed by atoms with van der Waals surface area (Å²) in [6.07, 6.45) is 2.26. The largest absolute Gasteiger partial charge is 0.497 e. The van der Waals surface area contributed by atoms with Crippen LogP contribution in [-0.4, -0.2) is 19.3 Å². The molecule has 1 aliphatic heterocycles. The molecule has 2 aromatic carbocycles. The molecule has 0 bridgehead atoms. The average molecular weight is 311 g/mol. The van der Waals surface area contributed by atoms with Crippen LogP contribution >= 0.6 is 11.8 Å². The first-order valence-electron chi connectivity index (χ1n) is 6.64. The summed E-state index contributed by atoms with van der Waals surface area (Å²) in [4.78, 5) is 26.5. The normalized spacial score (nSPS) is 14.8. The second-order valence-corrected chi connectivity index (χ2v) is 5.72. The molecule has 5 heteroatoms. The number of nitrogens with zero attached hydrogens (tertiary/aromatic N) is 1. The van der Waals surface area contributed by atoms with Crippen LogP contribution in [0.1, 0.15) is 10.4 Å². The summed E-state index contributed by atoms with van der Waals surface area (Å²) in [5.41, 5.74) is 1.35. The molecule has 0 aromatic heterocycles. The van der Waals surface area contributed by atoms with E-state index in [-0.39, 0.29) is 5.78 Å². The Morgan fingerprint density at radius 2 is 1.82 bits per heavy atom. The lowest BCUT2D eigenvalue weighted by atomic mass is 10.1. The summed E-state index contributed by atoms with van der Waals surface area (Å²) in [7, 11) is 1.58. The second kappa shape index (κ2) is 6.07. The van der Waals surface area contributed by atoms with Gasteiger partial charge >= 0.3 is 0 Å². The molecule has 0 radical (unpaired) electrons. The third-order valence-electron chi connectivity index (χ3n) is 3.32. The van der Waals surface area contributed by atoms with E-state index in [0.29, 0.717) is 28.3 Å². The van der Waals surface area contributed by atoms with E-state index in [0.717, 1.165) is 4.90 Å². The molecule has 22 heavy (non-hydrogen) atoms. The number of methoxy groups -OCH3 is 1. The van der Waals surface area contributed by atoms with Gasteiger partial charge in [0.15, 0.2) is 0 Å². The molecule has 110 valence electrons. The molecule has 0 N–H and O–H groups in total. The van der Waals surface area contributed by atoms with Crippen LogP contribution < -0.4 is 9.64 Å². The summed E-state index contributed by atoms with van der Waals surface area (Å²) < 4.78 is 5.09. The van der Waals surface area contributed by atoms with E-state index in [4.69, 9.17) is 4.74 Å². The number of hydrogen-bond donors (Lipinski definition) is 0. The number of carbonyl (C=O) groups is 2. The maximum absolute atomic E-state index is 12.3. The van der Waals surface area contributed by atoms with Crippen molar-refractivity contribution in [3.63, 3.8) is 0 Å². The Bertz CT molecular complexity index is 753. The lowest BCUT2D eigenvalue weighted by Crippen LogP contribution is -2.14. The van der Waals surface area contributed by atoms with Gasteiger partial charge in [0.1, 0.15) is 5.75 Å². The highest BCUT2D eigenvalue weighted by Crippen LogP contribution is 2.40. The number of allylic oxidation sites excluding steroid dienone is 1. The lowest BCUT2D eigenvalue weighted by molar-refractivity contribution is -0.106. The van der Waals surface area contributed by atoms with Gasteiger partial charge in [0.25, 0.3) is 0 Å². The van der Waals surface area contributed by atoms with E-state index < -0.39 is 0 Å². The van der Waals surface area contributed by atoms with Crippen molar-refractivity contribution in [1.82, 2.24) is 0 Å². The van der Waals surface area contributed by atoms with E-state index in [9.17, 15) is 9.59 Å². The number of Topliss-reactive ketones (excluding diaryl/α,β-unsaturated/α-hetero) is 1. The molecule has 0 saturated heterocycles. The number of anilines is 1. The number of rotatable bonds is 4. The van der Waals surface area contributed by atoms with E-state index in [1.165, 1.54) is 16.7 Å². The third-order valence-corrected chi connectivity index (χ3v) is 4.40. The van der Waals surface area contributed by atoms with Crippen molar-refractivity contribution in [2.75, 3.05) is 12.0 Å². The zero-order valence-electron chi connectivity index (χ0n) is 11.9. The molecule has 1 amide bonds. The van der Waals surface area contributed by atoms with Crippen molar-refractivity contribution in [2.24, 2.45) is 0 Å². The van der Waals surface area contributed by atoms with Crippen molar-refractivity contribution in [3.05, 3.63) is 65.2 Å². The van der Waals surface area contributed by atoms with Crippen molar-refractivity contribution in [1.29, 1.82) is 0 Å². The molecule has 0 fully saturated rings. The van der Waals surface area contributed by atoms with Crippen LogP contribution in [0.5, 0.6) is 5.75 Å². The van der Waals surface area contributed by atoms with E-state index in [1.54, 1.807) is 43.6 Å². The Morgan fingerprint density at radius 3 is 2.45 bits per heavy atom. The fourth-order valence-corrected chi connectivity index (χ4v) is 3.20. The first-order valence-corrected chi connectivity index (χ1v) is 7.45. The van der Waals surface area contributed by atoms with Crippen molar-refractivity contribution in [3.8, 4) is 5.75 Å². The number of benzene rings is 2. The highest BCUT2D eigenvalue weighted by atomic mass is 32.2. The zero-order chi connectivity index (χ0) is 15.5. The van der Waals surface area contributed by atoms with Crippen LogP contribution in [0.4, 0.5) is 5.69 Å². The van der Waals surface area contributed by atoms with Crippen LogP contribution in [0.3, 0.4) is 0 Å². The Morgan fingerprint density at radius 1 is 1.09 bits per heavy atom. The minimum absolute atomic E-state index is 0.0547. The average Bonchev–Trinajstić information content (AvgIpc) is 2.89. The summed E-state index contributed by atoms with van der Waals surface area (Å²) in [5.74, 6) is 0.655. The minimum atomic E-state index is -0.0547. The van der Waals surface area contributed by atoms with Gasteiger partial charge in [-0.25, -0.2) is 0 Å². The molecule has 0 saturated carbocycles. The molecule has 1 aliphatic rings. The van der Waals surface area contributed by atoms with Gasteiger partial charge in [0, 0.05) is 22.3 Å². The van der Waals surface area contributed by atoms with Gasteiger partial charge in [-0.15, -0.1) is 0 Å². The van der Waals surface area contributed by atoms with E-state index in [1.807, 2.05) is 18.2 Å². The highest BCUT2D eigenvalue weighted by molar-refractivity contribution is 8.04. The molecular weight excluding hydrogens is 298 g/mol. The predicted octanol–water partition coefficient (Wildman–Crippen LogP) is 3.49. The Labute approximate surface area is 132 Å². The van der Waals surface area contributed by atoms with Crippen LogP contribution in [-0.2, 0) is 4.79 Å². The quantitative estimate of drug-likeness (QED) is 0.640. The highest BCUT2D eigenvalue weighted by Gasteiger charge is 2.26. The van der Waals surface area contributed by atoms with Crippen molar-refractivity contribution >= 4 is 29.6 Å². The van der Waals surface area contributed by atoms with E-state index >= 15 is 0 Å². The fourth-order valence-electron chi connectivity index (χ4n) is 2.17. The third kappa shape index (κ3) is 2.63. The lowest BCUT2D eigenvalue weighted by Gasteiger charge is -2.13. The van der Waals surface area contributed by atoms with E-state index in [2.05, 4.69) is 0 Å². The predicted molar refractivity (Wildman–Crippen MR) is 86.2 cm³/mol. The van der Waals surface area contributed by atoms with Crippen LogP contribution in [0.15, 0.2) is 64.5 Å². The van der Waals surface area contributed by atoms with Crippen LogP contribution in [0, 0.1) is 0 Å². The van der Waals surface area contributed by atoms with Crippen molar-refractivity contribution < 1.29 is 14.3 Å². The molecule has 0 unspecified atom stereocenters. The number of carbonyl (C=O) groups excluding carboxylic acids is 2. The Balaban J connectivity index is 1.89. The number of ketones is 1. The zero-order valence-corrected chi connectivity index (χ0v) is 12.7. The van der Waals surface area contributed by atoms with Gasteiger partial charge in [-0.2, -0.15) is 0 Å². The number of thioether (sulfide) groups is 1. The van der Waals surface area contributed by atoms with Gasteiger partial charge in [-0.1, -0.05) is 23.9 Å². The maximum Gasteiger partial charge on any atom is 0.218 e. The van der Waals surface area contributed by atoms with Crippen molar-refractivity contribution in [2.45, 2.75) is 4.90 Å². The van der Waals surface area contributed by atoms with Gasteiger partial charge in [-0.3, -0.25) is 14.5 Å². The van der Waals surface area contributed by atoms with Gasteiger partial charge < -0.3 is 4.74 Å². The first-order chi connectivity index (χ1) is 10.7. The Hall–Kier alpha value is -2.53. The molecule has 1 heterocycles. The van der Waals surface area contributed by atoms with Gasteiger partial charge in [0.05, 0.1) is 12.0 Å². The fraction of sp³-hybridized carbons (Fsp3) is 0.0588. The topological polar surface area (TPSA) is 46.6 Å². The Kier molecular flexibility index (Phi) is 3.98. The summed E-state index contributed by atoms with van der Waals surface area (Å²) in [6, 6.07) is 14.5. The summed E-state index contributed by atoms with van der Waals surface area (Å²) in [6.45, 7) is 0. The molecule has 2 aromatic rings. The minimum Gasteiger partial charge on any atom is -0.497 e. The molecule has 0 spiro atoms. The number of ether oxygens (including phenoxy) is 1. The van der Waals surface area contributed by atoms with Crippen LogP contribution in [0.25, 0.3) is 0 Å². The van der Waals surface area contributed by atoms with Crippen LogP contribution in [0.2, 0.25) is 0 Å². The molecule has 0 atom stereocenters. The van der Waals surface area contributed by atoms with Gasteiger partial charge in [-0.05, 0) is 36.4 Å². The first kappa shape index (κ1) is 14.4. The second-order valence-electron chi connectivity index (χ2n) is 4.63. The smallest absolute Gasteiger partial charge is 0.218 e. The standard InChI is InChI=1S/C17H13NO3S/c1-21-13-8-6-12(7-9-13)18(11-19)10-16-17(20)14-4-2-3-5-15(14)22-16/h2-11H,1H3/b16-10+. The summed E-state index contributed by atoms with van der Waals surface area (Å²) in [5, 5.41) is 0. The monoisotopic (exact) mass is 311 g/mol. The number of amides is 1. The molecule has 4 nitrogen and oxygen atoms in total. The number of hydrogen-bond acceptors (Lipinski definition) is 4. The molecule has 3 rings (SSSR count). The SMILES string of the molecule is COc1ccc(N(C=O)/C=C2/Sc3ccccc3C2=O)cc1. The molecule has 0 aliphatic carbocycles. The number of fused-ring (bicyclic) bond motifs is 1.